The molecule has 0 N–H and O–H groups in total. The third-order valence-electron chi connectivity index (χ3n) is 0.348. The fourth-order valence-electron chi connectivity index (χ4n) is 0.0904. The van der Waals surface area contributed by atoms with E-state index in [9.17, 15) is 4.79 Å². The Morgan fingerprint density at radius 3 is 2.43 bits per heavy atom. The number of hydrogen-bond acceptors (Lipinski definition) is 2. The molecule has 0 aliphatic heterocycles. The Kier molecular flexibility index (Phi) is 3.04. The molecule has 0 aromatic heterocycles. The molecule has 4 heteroatoms. The molecule has 0 radical (unpaired) electrons. The van der Waals surface area contributed by atoms with Gasteiger partial charge in [-0.3, -0.25) is 0 Å². The second kappa shape index (κ2) is 3.04. The number of methoxy groups -OCH3 is 1. The number of rotatable bonds is 0. The van der Waals surface area contributed by atoms with Gasteiger partial charge >= 0.3 is 5.30 Å². The quantitative estimate of drug-likeness (QED) is 0.378. The predicted octanol–water partition coefficient (Wildman–Crippen LogP) is 1.61. The largest absolute Gasteiger partial charge is 0.460 e. The Hall–Kier alpha value is -0.0200. The molecule has 0 aliphatic rings. The average molecular weight is 141 g/mol. The predicted molar refractivity (Wildman–Crippen MR) is 33.0 cm³/mol. The van der Waals surface area contributed by atoms with Gasteiger partial charge in [0.15, 0.2) is 0 Å². The van der Waals surface area contributed by atoms with Crippen molar-refractivity contribution in [3.05, 3.63) is 0 Å². The minimum absolute atomic E-state index is 0.471. The molecule has 0 aromatic rings. The highest BCUT2D eigenvalue weighted by Gasteiger charge is 1.96. The molecule has 0 aliphatic carbocycles. The van der Waals surface area contributed by atoms with Crippen molar-refractivity contribution >= 4 is 31.6 Å². The van der Waals surface area contributed by atoms with Crippen molar-refractivity contribution in [3.8, 4) is 0 Å². The number of ether oxygens (including phenoxy) is 1. The van der Waals surface area contributed by atoms with Crippen molar-refractivity contribution in [2.75, 3.05) is 7.11 Å². The third-order valence-corrected chi connectivity index (χ3v) is 1.25. The van der Waals surface area contributed by atoms with E-state index in [4.69, 9.17) is 10.7 Å². The van der Waals surface area contributed by atoms with Crippen LogP contribution in [0.4, 0.5) is 4.79 Å². The van der Waals surface area contributed by atoms with Crippen LogP contribution in [-0.4, -0.2) is 18.3 Å². The molecule has 0 rings (SSSR count). The Bertz CT molecular complexity index is 101. The highest BCUT2D eigenvalue weighted by Crippen LogP contribution is 2.16. The molecule has 42 valence electrons. The summed E-state index contributed by atoms with van der Waals surface area (Å²) in [6.07, 6.45) is 0. The van der Waals surface area contributed by atoms with E-state index < -0.39 is 15.0 Å². The van der Waals surface area contributed by atoms with E-state index >= 15 is 0 Å². The SMILES string of the molecule is C=S(Cl)C(=O)OC. The van der Waals surface area contributed by atoms with Crippen molar-refractivity contribution in [1.29, 1.82) is 0 Å². The molecular formula is C3H5ClO2S. The molecule has 0 spiro atoms. The van der Waals surface area contributed by atoms with E-state index in [1.165, 1.54) is 7.11 Å². The molecular weight excluding hydrogens is 136 g/mol. The molecule has 0 bridgehead atoms. The molecule has 0 amide bonds. The zero-order chi connectivity index (χ0) is 5.86. The van der Waals surface area contributed by atoms with Crippen molar-refractivity contribution in [2.45, 2.75) is 0 Å². The smallest absolute Gasteiger partial charge is 0.375 e. The summed E-state index contributed by atoms with van der Waals surface area (Å²) < 4.78 is 4.19. The lowest BCUT2D eigenvalue weighted by Crippen LogP contribution is -1.87. The monoisotopic (exact) mass is 140 g/mol. The molecule has 0 saturated heterocycles. The van der Waals surface area contributed by atoms with Gasteiger partial charge in [0.2, 0.25) is 0 Å². The average Bonchev–Trinajstić information content (AvgIpc) is 1.65. The lowest BCUT2D eigenvalue weighted by molar-refractivity contribution is 0.200. The lowest BCUT2D eigenvalue weighted by atomic mass is 11.5. The van der Waals surface area contributed by atoms with Crippen LogP contribution in [0.1, 0.15) is 0 Å². The summed E-state index contributed by atoms with van der Waals surface area (Å²) in [6.45, 7) is 0. The van der Waals surface area contributed by atoms with Crippen LogP contribution in [0.25, 0.3) is 0 Å². The van der Waals surface area contributed by atoms with E-state index in [-0.39, 0.29) is 0 Å². The van der Waals surface area contributed by atoms with Gasteiger partial charge in [-0.1, -0.05) is 0 Å². The van der Waals surface area contributed by atoms with Crippen molar-refractivity contribution in [1.82, 2.24) is 0 Å². The molecule has 2 nitrogen and oxygen atoms in total. The fraction of sp³-hybridized carbons (Fsp3) is 0.333. The maximum atomic E-state index is 10.1. The van der Waals surface area contributed by atoms with Crippen molar-refractivity contribution in [3.63, 3.8) is 0 Å². The maximum absolute atomic E-state index is 10.1. The zero-order valence-electron chi connectivity index (χ0n) is 3.81. The number of carbonyl (C=O) groups excluding carboxylic acids is 1. The van der Waals surface area contributed by atoms with Gasteiger partial charge in [0, 0.05) is 9.70 Å². The number of hydrogen-bond donors (Lipinski definition) is 0. The van der Waals surface area contributed by atoms with Gasteiger partial charge in [-0.2, -0.15) is 0 Å². The Morgan fingerprint density at radius 2 is 2.43 bits per heavy atom. The second-order valence-corrected chi connectivity index (χ2v) is 2.90. The van der Waals surface area contributed by atoms with Crippen molar-refractivity contribution in [2.24, 2.45) is 0 Å². The molecule has 1 unspecified atom stereocenters. The molecule has 0 aromatic carbocycles. The van der Waals surface area contributed by atoms with Gasteiger partial charge in [-0.25, -0.2) is 4.79 Å². The second-order valence-electron chi connectivity index (χ2n) is 0.785. The minimum Gasteiger partial charge on any atom is -0.460 e. The Morgan fingerprint density at radius 1 is 2.00 bits per heavy atom. The summed E-state index contributed by atoms with van der Waals surface area (Å²) in [4.78, 5) is 10.1. The Labute approximate surface area is 48.8 Å². The summed E-state index contributed by atoms with van der Waals surface area (Å²) in [5.41, 5.74) is 0. The van der Waals surface area contributed by atoms with Gasteiger partial charge in [-0.15, -0.1) is 0 Å². The molecule has 0 fully saturated rings. The van der Waals surface area contributed by atoms with E-state index in [0.29, 0.717) is 0 Å². The third kappa shape index (κ3) is 2.65. The summed E-state index contributed by atoms with van der Waals surface area (Å²) in [5.74, 6) is 3.23. The fourth-order valence-corrected chi connectivity index (χ4v) is 0.460. The van der Waals surface area contributed by atoms with Gasteiger partial charge in [0.05, 0.1) is 7.11 Å². The van der Waals surface area contributed by atoms with Gasteiger partial charge in [-0.05, 0) is 16.6 Å². The van der Waals surface area contributed by atoms with Crippen LogP contribution in [0.5, 0.6) is 0 Å². The standard InChI is InChI=1S/C3H5ClO2S/c1-6-3(5)7(2)4/h2H2,1H3. The Balaban J connectivity index is 3.58. The molecule has 0 heterocycles. The highest BCUT2D eigenvalue weighted by molar-refractivity contribution is 8.43. The summed E-state index contributed by atoms with van der Waals surface area (Å²) in [5, 5.41) is -0.471. The zero-order valence-corrected chi connectivity index (χ0v) is 5.38. The normalized spacial score (nSPS) is 12.9. The summed E-state index contributed by atoms with van der Waals surface area (Å²) >= 11 is 0. The minimum atomic E-state index is -0.999. The number of carbonyl (C=O) groups is 1. The first-order valence-corrected chi connectivity index (χ1v) is 3.68. The first-order chi connectivity index (χ1) is 3.18. The molecule has 0 saturated carbocycles. The topological polar surface area (TPSA) is 26.3 Å². The van der Waals surface area contributed by atoms with E-state index in [1.807, 2.05) is 0 Å². The van der Waals surface area contributed by atoms with E-state index in [1.54, 1.807) is 0 Å². The van der Waals surface area contributed by atoms with Crippen LogP contribution in [-0.2, 0) is 4.74 Å². The van der Waals surface area contributed by atoms with Crippen molar-refractivity contribution < 1.29 is 9.53 Å². The first-order valence-electron chi connectivity index (χ1n) is 1.46. The van der Waals surface area contributed by atoms with Gasteiger partial charge in [0.25, 0.3) is 0 Å². The van der Waals surface area contributed by atoms with Gasteiger partial charge < -0.3 is 4.74 Å². The summed E-state index contributed by atoms with van der Waals surface area (Å²) in [6, 6.07) is 0. The maximum Gasteiger partial charge on any atom is 0.375 e. The van der Waals surface area contributed by atoms with Crippen LogP contribution in [0.2, 0.25) is 0 Å². The number of halogens is 1. The lowest BCUT2D eigenvalue weighted by Gasteiger charge is -1.90. The van der Waals surface area contributed by atoms with Crippen LogP contribution in [0.3, 0.4) is 0 Å². The van der Waals surface area contributed by atoms with Crippen LogP contribution < -0.4 is 0 Å². The summed E-state index contributed by atoms with van der Waals surface area (Å²) in [7, 11) is 5.44. The van der Waals surface area contributed by atoms with Crippen LogP contribution in [0.15, 0.2) is 0 Å². The van der Waals surface area contributed by atoms with Crippen LogP contribution >= 0.6 is 20.4 Å². The molecule has 1 atom stereocenters. The highest BCUT2D eigenvalue weighted by atomic mass is 35.7. The van der Waals surface area contributed by atoms with E-state index in [0.717, 1.165) is 0 Å². The molecule has 7 heavy (non-hydrogen) atoms. The van der Waals surface area contributed by atoms with E-state index in [2.05, 4.69) is 10.6 Å². The first kappa shape index (κ1) is 6.98. The van der Waals surface area contributed by atoms with Crippen LogP contribution in [0, 0.1) is 0 Å². The van der Waals surface area contributed by atoms with Gasteiger partial charge in [0.1, 0.15) is 0 Å².